The molecule has 0 bridgehead atoms. The molecule has 0 radical (unpaired) electrons. The highest BCUT2D eigenvalue weighted by Crippen LogP contribution is 2.41. The molecule has 1 N–H and O–H groups in total. The molecular formula is C32H37F3N4O2S. The molecule has 0 atom stereocenters. The Morgan fingerprint density at radius 1 is 1.07 bits per heavy atom. The fraction of sp³-hybridized carbons (Fsp3) is 0.469. The number of aryl methyl sites for hydroxylation is 2. The SMILES string of the molecule is CCCCC1=NC2(CCCC2)C(=O)N1Cc1ccc(-c2ccccc2SNc2onc(C)c2C)c(CCC(F)(F)F)c1. The molecule has 1 aromatic heterocycles. The van der Waals surface area contributed by atoms with Crippen LogP contribution in [0.5, 0.6) is 0 Å². The van der Waals surface area contributed by atoms with E-state index in [1.807, 2.05) is 56.3 Å². The lowest BCUT2D eigenvalue weighted by molar-refractivity contribution is -0.134. The molecule has 1 fully saturated rings. The van der Waals surface area contributed by atoms with Gasteiger partial charge in [-0.25, -0.2) is 0 Å². The Bertz CT molecular complexity index is 1460. The van der Waals surface area contributed by atoms with Crippen LogP contribution >= 0.6 is 11.9 Å². The lowest BCUT2D eigenvalue weighted by Gasteiger charge is -2.23. The number of hydrogen-bond donors (Lipinski definition) is 1. The summed E-state index contributed by atoms with van der Waals surface area (Å²) in [7, 11) is 0. The van der Waals surface area contributed by atoms with Gasteiger partial charge in [0.2, 0.25) is 5.88 Å². The molecule has 2 aromatic carbocycles. The van der Waals surface area contributed by atoms with E-state index < -0.39 is 18.1 Å². The summed E-state index contributed by atoms with van der Waals surface area (Å²) in [6.07, 6.45) is 0.791. The number of amidine groups is 1. The number of anilines is 1. The quantitative estimate of drug-likeness (QED) is 0.223. The van der Waals surface area contributed by atoms with Crippen LogP contribution < -0.4 is 4.72 Å². The van der Waals surface area contributed by atoms with Gasteiger partial charge in [-0.05, 0) is 79.8 Å². The summed E-state index contributed by atoms with van der Waals surface area (Å²) in [4.78, 5) is 21.2. The Morgan fingerprint density at radius 2 is 1.83 bits per heavy atom. The Morgan fingerprint density at radius 3 is 2.52 bits per heavy atom. The second-order valence-electron chi connectivity index (χ2n) is 11.3. The standard InChI is InChI=1S/C32H37F3N4O2S/c1-4-5-12-28-36-31(16-8-9-17-31)30(40)39(28)20-23-13-14-25(24(19-23)15-18-32(33,34)35)26-10-6-7-11-27(26)42-38-29-21(2)22(3)37-41-29/h6-7,10-11,13-14,19,38H,4-5,8-9,12,15-18,20H2,1-3H3. The molecular weight excluding hydrogens is 561 g/mol. The summed E-state index contributed by atoms with van der Waals surface area (Å²) in [5.41, 5.74) is 3.99. The number of benzene rings is 2. The van der Waals surface area contributed by atoms with Gasteiger partial charge in [0.1, 0.15) is 11.4 Å². The van der Waals surface area contributed by atoms with Crippen LogP contribution in [0.3, 0.4) is 0 Å². The van der Waals surface area contributed by atoms with Crippen LogP contribution in [-0.4, -0.2) is 33.5 Å². The number of carbonyl (C=O) groups excluding carboxylic acids is 1. The number of carbonyl (C=O) groups is 1. The molecule has 42 heavy (non-hydrogen) atoms. The summed E-state index contributed by atoms with van der Waals surface area (Å²) < 4.78 is 48.8. The lowest BCUT2D eigenvalue weighted by Crippen LogP contribution is -2.40. The van der Waals surface area contributed by atoms with E-state index in [0.717, 1.165) is 83.6 Å². The number of hydrogen-bond acceptors (Lipinski definition) is 6. The predicted octanol–water partition coefficient (Wildman–Crippen LogP) is 8.82. The Hall–Kier alpha value is -3.27. The molecule has 2 heterocycles. The zero-order valence-corrected chi connectivity index (χ0v) is 25.1. The number of halogens is 3. The summed E-state index contributed by atoms with van der Waals surface area (Å²) in [5.74, 6) is 1.39. The summed E-state index contributed by atoms with van der Waals surface area (Å²) in [6.45, 7) is 6.19. The van der Waals surface area contributed by atoms with Crippen molar-refractivity contribution in [3.8, 4) is 11.1 Å². The highest BCUT2D eigenvalue weighted by Gasteiger charge is 2.49. The van der Waals surface area contributed by atoms with Gasteiger partial charge in [0.15, 0.2) is 0 Å². The van der Waals surface area contributed by atoms with Crippen molar-refractivity contribution in [3.63, 3.8) is 0 Å². The van der Waals surface area contributed by atoms with Crippen molar-refractivity contribution in [2.24, 2.45) is 4.99 Å². The Labute approximate surface area is 249 Å². The number of rotatable bonds is 11. The van der Waals surface area contributed by atoms with Gasteiger partial charge in [0.25, 0.3) is 5.91 Å². The van der Waals surface area contributed by atoms with Gasteiger partial charge in [-0.3, -0.25) is 19.4 Å². The van der Waals surface area contributed by atoms with E-state index >= 15 is 0 Å². The monoisotopic (exact) mass is 598 g/mol. The van der Waals surface area contributed by atoms with Gasteiger partial charge in [-0.1, -0.05) is 67.7 Å². The normalized spacial score (nSPS) is 16.5. The van der Waals surface area contributed by atoms with Crippen molar-refractivity contribution in [2.75, 3.05) is 4.72 Å². The fourth-order valence-corrected chi connectivity index (χ4v) is 6.59. The smallest absolute Gasteiger partial charge is 0.337 e. The van der Waals surface area contributed by atoms with Crippen molar-refractivity contribution < 1.29 is 22.5 Å². The highest BCUT2D eigenvalue weighted by atomic mass is 32.2. The molecule has 5 rings (SSSR count). The predicted molar refractivity (Wildman–Crippen MR) is 160 cm³/mol. The van der Waals surface area contributed by atoms with Gasteiger partial charge in [-0.15, -0.1) is 0 Å². The average molecular weight is 599 g/mol. The van der Waals surface area contributed by atoms with Crippen LogP contribution in [0.1, 0.15) is 80.7 Å². The van der Waals surface area contributed by atoms with E-state index in [4.69, 9.17) is 9.52 Å². The van der Waals surface area contributed by atoms with Crippen molar-refractivity contribution >= 4 is 29.6 Å². The minimum Gasteiger partial charge on any atom is -0.337 e. The first-order valence-electron chi connectivity index (χ1n) is 14.6. The van der Waals surface area contributed by atoms with Crippen LogP contribution in [0.2, 0.25) is 0 Å². The van der Waals surface area contributed by atoms with E-state index in [2.05, 4.69) is 16.8 Å². The number of unbranched alkanes of at least 4 members (excludes halogenated alkanes) is 1. The summed E-state index contributed by atoms with van der Waals surface area (Å²) >= 11 is 1.33. The molecule has 3 aromatic rings. The van der Waals surface area contributed by atoms with Gasteiger partial charge in [-0.2, -0.15) is 13.2 Å². The zero-order valence-electron chi connectivity index (χ0n) is 24.3. The van der Waals surface area contributed by atoms with Crippen molar-refractivity contribution in [1.29, 1.82) is 0 Å². The first kappa shape index (κ1) is 30.2. The third-order valence-corrected chi connectivity index (χ3v) is 9.12. The van der Waals surface area contributed by atoms with Gasteiger partial charge < -0.3 is 4.52 Å². The molecule has 1 aliphatic carbocycles. The minimum atomic E-state index is -4.29. The van der Waals surface area contributed by atoms with Gasteiger partial charge >= 0.3 is 6.18 Å². The number of aromatic nitrogens is 1. The number of amides is 1. The topological polar surface area (TPSA) is 70.7 Å². The van der Waals surface area contributed by atoms with E-state index in [1.54, 1.807) is 4.90 Å². The first-order chi connectivity index (χ1) is 20.1. The fourth-order valence-electron chi connectivity index (χ4n) is 5.76. The number of alkyl halides is 3. The molecule has 1 saturated carbocycles. The third-order valence-electron chi connectivity index (χ3n) is 8.26. The lowest BCUT2D eigenvalue weighted by atomic mass is 9.94. The number of nitrogens with zero attached hydrogens (tertiary/aromatic N) is 3. The van der Waals surface area contributed by atoms with Gasteiger partial charge in [0.05, 0.1) is 12.2 Å². The molecule has 1 aliphatic heterocycles. The van der Waals surface area contributed by atoms with Crippen molar-refractivity contribution in [1.82, 2.24) is 10.1 Å². The van der Waals surface area contributed by atoms with Crippen LogP contribution in [0.25, 0.3) is 11.1 Å². The Balaban J connectivity index is 1.45. The van der Waals surface area contributed by atoms with Crippen LogP contribution in [0.15, 0.2) is 56.9 Å². The van der Waals surface area contributed by atoms with E-state index in [-0.39, 0.29) is 12.3 Å². The maximum absolute atomic E-state index is 13.6. The maximum atomic E-state index is 13.6. The van der Waals surface area contributed by atoms with Crippen molar-refractivity contribution in [3.05, 3.63) is 64.8 Å². The van der Waals surface area contributed by atoms with Gasteiger partial charge in [0, 0.05) is 23.3 Å². The molecule has 0 unspecified atom stereocenters. The molecule has 0 saturated heterocycles. The zero-order chi connectivity index (χ0) is 29.9. The maximum Gasteiger partial charge on any atom is 0.389 e. The van der Waals surface area contributed by atoms with Crippen LogP contribution in [0.4, 0.5) is 19.1 Å². The van der Waals surface area contributed by atoms with Crippen molar-refractivity contribution in [2.45, 2.75) is 102 Å². The number of aliphatic imine (C=N–C) groups is 1. The third kappa shape index (κ3) is 6.53. The molecule has 1 spiro atoms. The van der Waals surface area contributed by atoms with E-state index in [9.17, 15) is 18.0 Å². The highest BCUT2D eigenvalue weighted by molar-refractivity contribution is 8.00. The van der Waals surface area contributed by atoms with E-state index in [0.29, 0.717) is 18.0 Å². The second-order valence-corrected chi connectivity index (χ2v) is 12.1. The van der Waals surface area contributed by atoms with E-state index in [1.165, 1.54) is 11.9 Å². The summed E-state index contributed by atoms with van der Waals surface area (Å²) in [5, 5.41) is 3.98. The minimum absolute atomic E-state index is 0.0396. The summed E-state index contributed by atoms with van der Waals surface area (Å²) in [6, 6.07) is 13.3. The Kier molecular flexibility index (Phi) is 9.01. The largest absolute Gasteiger partial charge is 0.389 e. The first-order valence-corrected chi connectivity index (χ1v) is 15.5. The second kappa shape index (κ2) is 12.5. The molecule has 10 heteroatoms. The van der Waals surface area contributed by atoms with Crippen LogP contribution in [0, 0.1) is 13.8 Å². The molecule has 1 amide bonds. The van der Waals surface area contributed by atoms with Crippen LogP contribution in [-0.2, 0) is 17.8 Å². The number of nitrogens with one attached hydrogen (secondary N) is 1. The average Bonchev–Trinajstić information content (AvgIpc) is 3.64. The molecule has 6 nitrogen and oxygen atoms in total. The molecule has 224 valence electrons. The molecule has 2 aliphatic rings.